The molecule has 7 heteroatoms. The minimum Gasteiger partial charge on any atom is -0.394 e. The second-order valence-corrected chi connectivity index (χ2v) is 5.15. The summed E-state index contributed by atoms with van der Waals surface area (Å²) in [7, 11) is 0. The molecule has 0 aliphatic carbocycles. The molecule has 4 nitrogen and oxygen atoms in total. The Bertz CT molecular complexity index is 707. The van der Waals surface area contributed by atoms with Gasteiger partial charge in [0.25, 0.3) is 5.56 Å². The minimum atomic E-state index is -4.63. The van der Waals surface area contributed by atoms with Crippen LogP contribution < -0.4 is 5.56 Å². The van der Waals surface area contributed by atoms with Crippen molar-refractivity contribution in [2.45, 2.75) is 26.1 Å². The molecule has 1 N–H and O–H groups in total. The Morgan fingerprint density at radius 1 is 1.33 bits per heavy atom. The third-order valence-electron chi connectivity index (χ3n) is 3.43. The number of hydrogen-bond acceptors (Lipinski definition) is 3. The normalized spacial score (nSPS) is 13.9. The molecule has 0 aliphatic rings. The van der Waals surface area contributed by atoms with E-state index in [1.54, 1.807) is 13.8 Å². The monoisotopic (exact) mass is 300 g/mol. The van der Waals surface area contributed by atoms with E-state index in [4.69, 9.17) is 0 Å². The van der Waals surface area contributed by atoms with Gasteiger partial charge in [-0.15, -0.1) is 0 Å². The Morgan fingerprint density at radius 3 is 2.52 bits per heavy atom. The molecule has 2 aromatic rings. The summed E-state index contributed by atoms with van der Waals surface area (Å²) in [5.41, 5.74) is -1.81. The highest BCUT2D eigenvalue weighted by Gasteiger charge is 2.34. The van der Waals surface area contributed by atoms with Gasteiger partial charge in [-0.2, -0.15) is 13.2 Å². The lowest BCUT2D eigenvalue weighted by Crippen LogP contribution is -2.31. The Hall–Kier alpha value is -1.89. The predicted octanol–water partition coefficient (Wildman–Crippen LogP) is 2.60. The second-order valence-electron chi connectivity index (χ2n) is 5.15. The Morgan fingerprint density at radius 2 is 2.00 bits per heavy atom. The number of aliphatic hydroxyl groups is 1. The molecule has 0 unspecified atom stereocenters. The van der Waals surface area contributed by atoms with Crippen LogP contribution >= 0.6 is 0 Å². The minimum absolute atomic E-state index is 0.00785. The number of rotatable bonds is 3. The Kier molecular flexibility index (Phi) is 4.04. The number of hydrogen-bond donors (Lipinski definition) is 1. The van der Waals surface area contributed by atoms with Crippen molar-refractivity contribution >= 4 is 10.9 Å². The molecule has 0 saturated carbocycles. The maximum absolute atomic E-state index is 13.0. The summed E-state index contributed by atoms with van der Waals surface area (Å²) in [6.07, 6.45) is -3.45. The zero-order valence-corrected chi connectivity index (χ0v) is 11.6. The SMILES string of the molecule is CC(C)[C@H](CO)n1cnc2cccc(C(F)(F)F)c2c1=O. The molecule has 114 valence electrons. The van der Waals surface area contributed by atoms with E-state index in [2.05, 4.69) is 4.98 Å². The zero-order chi connectivity index (χ0) is 15.8. The van der Waals surface area contributed by atoms with Gasteiger partial charge >= 0.3 is 6.18 Å². The summed E-state index contributed by atoms with van der Waals surface area (Å²) < 4.78 is 40.2. The molecule has 1 atom stereocenters. The molecule has 2 rings (SSSR count). The van der Waals surface area contributed by atoms with Crippen LogP contribution in [0.2, 0.25) is 0 Å². The molecule has 0 bridgehead atoms. The van der Waals surface area contributed by atoms with E-state index < -0.39 is 28.7 Å². The van der Waals surface area contributed by atoms with E-state index in [-0.39, 0.29) is 18.0 Å². The summed E-state index contributed by atoms with van der Waals surface area (Å²) in [5, 5.41) is 8.90. The summed E-state index contributed by atoms with van der Waals surface area (Å²) in [4.78, 5) is 16.3. The molecular formula is C14H15F3N2O2. The maximum Gasteiger partial charge on any atom is 0.417 e. The van der Waals surface area contributed by atoms with Crippen molar-refractivity contribution in [3.63, 3.8) is 0 Å². The first-order valence-corrected chi connectivity index (χ1v) is 6.45. The first-order valence-electron chi connectivity index (χ1n) is 6.45. The van der Waals surface area contributed by atoms with Crippen molar-refractivity contribution in [3.8, 4) is 0 Å². The van der Waals surface area contributed by atoms with Crippen molar-refractivity contribution in [1.82, 2.24) is 9.55 Å². The lowest BCUT2D eigenvalue weighted by molar-refractivity contribution is -0.136. The van der Waals surface area contributed by atoms with Gasteiger partial charge in [-0.1, -0.05) is 19.9 Å². The van der Waals surface area contributed by atoms with Gasteiger partial charge in [0, 0.05) is 0 Å². The van der Waals surface area contributed by atoms with E-state index in [0.717, 1.165) is 10.6 Å². The molecule has 0 radical (unpaired) electrons. The third kappa shape index (κ3) is 2.78. The standard InChI is InChI=1S/C14H15F3N2O2/c1-8(2)11(6-20)19-7-18-10-5-3-4-9(14(15,16)17)12(10)13(19)21/h3-5,7-8,11,20H,6H2,1-2H3/t11-/m0/s1. The van der Waals surface area contributed by atoms with Crippen LogP contribution in [0.15, 0.2) is 29.3 Å². The van der Waals surface area contributed by atoms with Crippen LogP contribution in [-0.4, -0.2) is 21.3 Å². The van der Waals surface area contributed by atoms with Crippen LogP contribution in [0.5, 0.6) is 0 Å². The smallest absolute Gasteiger partial charge is 0.394 e. The molecular weight excluding hydrogens is 285 g/mol. The Balaban J connectivity index is 2.80. The molecule has 0 spiro atoms. The summed E-state index contributed by atoms with van der Waals surface area (Å²) in [6, 6.07) is 2.82. The lowest BCUT2D eigenvalue weighted by atomic mass is 10.0. The fourth-order valence-electron chi connectivity index (χ4n) is 2.27. The number of alkyl halides is 3. The topological polar surface area (TPSA) is 55.1 Å². The average Bonchev–Trinajstić information content (AvgIpc) is 2.40. The van der Waals surface area contributed by atoms with Gasteiger partial charge in [0.1, 0.15) is 0 Å². The molecule has 0 amide bonds. The quantitative estimate of drug-likeness (QED) is 0.948. The molecule has 1 aromatic carbocycles. The number of halogens is 3. The number of benzene rings is 1. The van der Waals surface area contributed by atoms with Gasteiger partial charge in [0.2, 0.25) is 0 Å². The predicted molar refractivity (Wildman–Crippen MR) is 72.0 cm³/mol. The van der Waals surface area contributed by atoms with Crippen molar-refractivity contribution in [1.29, 1.82) is 0 Å². The molecule has 0 saturated heterocycles. The number of aromatic nitrogens is 2. The van der Waals surface area contributed by atoms with Gasteiger partial charge in [-0.05, 0) is 18.1 Å². The molecule has 1 heterocycles. The largest absolute Gasteiger partial charge is 0.417 e. The second kappa shape index (κ2) is 5.48. The molecule has 0 fully saturated rings. The van der Waals surface area contributed by atoms with Gasteiger partial charge < -0.3 is 5.11 Å². The van der Waals surface area contributed by atoms with E-state index in [1.807, 2.05) is 0 Å². The van der Waals surface area contributed by atoms with Crippen molar-refractivity contribution in [3.05, 3.63) is 40.4 Å². The molecule has 0 aliphatic heterocycles. The van der Waals surface area contributed by atoms with E-state index >= 15 is 0 Å². The van der Waals surface area contributed by atoms with E-state index in [0.29, 0.717) is 0 Å². The van der Waals surface area contributed by atoms with Crippen LogP contribution in [0.3, 0.4) is 0 Å². The first-order chi connectivity index (χ1) is 9.77. The fraction of sp³-hybridized carbons (Fsp3) is 0.429. The number of aliphatic hydroxyl groups excluding tert-OH is 1. The van der Waals surface area contributed by atoms with Crippen LogP contribution in [-0.2, 0) is 6.18 Å². The summed E-state index contributed by atoms with van der Waals surface area (Å²) in [5.74, 6) is -0.120. The van der Waals surface area contributed by atoms with Crippen LogP contribution in [0.1, 0.15) is 25.5 Å². The van der Waals surface area contributed by atoms with Crippen molar-refractivity contribution in [2.24, 2.45) is 5.92 Å². The Labute approximate surface area is 118 Å². The molecule has 21 heavy (non-hydrogen) atoms. The fourth-order valence-corrected chi connectivity index (χ4v) is 2.27. The average molecular weight is 300 g/mol. The third-order valence-corrected chi connectivity index (χ3v) is 3.43. The lowest BCUT2D eigenvalue weighted by Gasteiger charge is -2.21. The van der Waals surface area contributed by atoms with Crippen LogP contribution in [0.4, 0.5) is 13.2 Å². The maximum atomic E-state index is 13.0. The van der Waals surface area contributed by atoms with Gasteiger partial charge in [-0.25, -0.2) is 4.98 Å². The highest BCUT2D eigenvalue weighted by Crippen LogP contribution is 2.32. The van der Waals surface area contributed by atoms with Gasteiger partial charge in [-0.3, -0.25) is 9.36 Å². The van der Waals surface area contributed by atoms with Gasteiger partial charge in [0.05, 0.1) is 35.4 Å². The summed E-state index contributed by atoms with van der Waals surface area (Å²) >= 11 is 0. The van der Waals surface area contributed by atoms with Crippen molar-refractivity contribution < 1.29 is 18.3 Å². The summed E-state index contributed by atoms with van der Waals surface area (Å²) in [6.45, 7) is 3.19. The number of fused-ring (bicyclic) bond motifs is 1. The first kappa shape index (κ1) is 15.5. The van der Waals surface area contributed by atoms with E-state index in [1.165, 1.54) is 18.5 Å². The van der Waals surface area contributed by atoms with Gasteiger partial charge in [0.15, 0.2) is 0 Å². The van der Waals surface area contributed by atoms with Crippen LogP contribution in [0, 0.1) is 5.92 Å². The molecule has 1 aromatic heterocycles. The highest BCUT2D eigenvalue weighted by atomic mass is 19.4. The number of nitrogens with zero attached hydrogens (tertiary/aromatic N) is 2. The van der Waals surface area contributed by atoms with Crippen molar-refractivity contribution in [2.75, 3.05) is 6.61 Å². The van der Waals surface area contributed by atoms with E-state index in [9.17, 15) is 23.1 Å². The highest BCUT2D eigenvalue weighted by molar-refractivity contribution is 5.81. The zero-order valence-electron chi connectivity index (χ0n) is 11.6. The van der Waals surface area contributed by atoms with Crippen LogP contribution in [0.25, 0.3) is 10.9 Å².